The molecular weight excluding hydrogens is 202 g/mol. The average Bonchev–Trinajstić information content (AvgIpc) is 2.86. The van der Waals surface area contributed by atoms with Crippen molar-refractivity contribution in [1.82, 2.24) is 15.2 Å². The Bertz CT molecular complexity index is 381. The molecule has 2 aromatic heterocycles. The van der Waals surface area contributed by atoms with Crippen LogP contribution in [0, 0.1) is 0 Å². The zero-order chi connectivity index (χ0) is 9.97. The third kappa shape index (κ3) is 1.65. The van der Waals surface area contributed by atoms with E-state index in [1.54, 1.807) is 6.20 Å². The van der Waals surface area contributed by atoms with Gasteiger partial charge in [-0.3, -0.25) is 5.10 Å². The molecule has 0 aliphatic rings. The first-order valence-corrected chi connectivity index (χ1v) is 4.92. The van der Waals surface area contributed by atoms with Gasteiger partial charge in [-0.2, -0.15) is 5.10 Å². The van der Waals surface area contributed by atoms with Crippen molar-refractivity contribution in [2.24, 2.45) is 0 Å². The molecule has 0 amide bonds. The largest absolute Gasteiger partial charge is 0.439 e. The molecule has 5 heteroatoms. The van der Waals surface area contributed by atoms with Crippen molar-refractivity contribution in [1.29, 1.82) is 0 Å². The number of aromatic nitrogens is 3. The number of hydrogen-bond acceptors (Lipinski definition) is 3. The Labute approximate surface area is 86.3 Å². The van der Waals surface area contributed by atoms with Crippen molar-refractivity contribution in [3.63, 3.8) is 0 Å². The molecule has 0 unspecified atom stereocenters. The summed E-state index contributed by atoms with van der Waals surface area (Å²) in [6, 6.07) is 1.92. The summed E-state index contributed by atoms with van der Waals surface area (Å²) in [5.74, 6) is 1.50. The fourth-order valence-electron chi connectivity index (χ4n) is 1.14. The number of oxazole rings is 1. The van der Waals surface area contributed by atoms with Crippen LogP contribution >= 0.6 is 11.6 Å². The minimum atomic E-state index is 0.331. The van der Waals surface area contributed by atoms with Gasteiger partial charge in [0.05, 0.1) is 12.1 Å². The number of alkyl halides is 1. The van der Waals surface area contributed by atoms with Crippen molar-refractivity contribution in [3.8, 4) is 11.6 Å². The smallest absolute Gasteiger partial charge is 0.247 e. The zero-order valence-electron chi connectivity index (χ0n) is 7.75. The molecule has 0 aliphatic carbocycles. The minimum absolute atomic E-state index is 0.331. The maximum atomic E-state index is 5.60. The van der Waals surface area contributed by atoms with E-state index in [1.165, 1.54) is 0 Å². The van der Waals surface area contributed by atoms with Gasteiger partial charge in [0.2, 0.25) is 5.89 Å². The number of nitrogens with zero attached hydrogens (tertiary/aromatic N) is 2. The molecule has 0 spiro atoms. The third-order valence-corrected chi connectivity index (χ3v) is 2.18. The van der Waals surface area contributed by atoms with Crippen LogP contribution in [-0.4, -0.2) is 15.2 Å². The lowest BCUT2D eigenvalue weighted by atomic mass is 10.3. The molecule has 0 atom stereocenters. The Hall–Kier alpha value is -1.29. The second-order valence-corrected chi connectivity index (χ2v) is 3.16. The number of H-pyrrole nitrogens is 1. The molecule has 0 radical (unpaired) electrons. The quantitative estimate of drug-likeness (QED) is 0.793. The van der Waals surface area contributed by atoms with E-state index >= 15 is 0 Å². The second-order valence-electron chi connectivity index (χ2n) is 2.90. The lowest BCUT2D eigenvalue weighted by Crippen LogP contribution is -1.76. The van der Waals surface area contributed by atoms with Crippen LogP contribution in [0.15, 0.2) is 16.7 Å². The molecule has 74 valence electrons. The van der Waals surface area contributed by atoms with Gasteiger partial charge in [-0.1, -0.05) is 6.92 Å². The molecule has 2 rings (SSSR count). The first-order valence-electron chi connectivity index (χ1n) is 4.38. The molecule has 0 fully saturated rings. The van der Waals surface area contributed by atoms with Gasteiger partial charge in [0, 0.05) is 5.69 Å². The van der Waals surface area contributed by atoms with Crippen LogP contribution < -0.4 is 0 Å². The number of aromatic amines is 1. The first kappa shape index (κ1) is 9.27. The summed E-state index contributed by atoms with van der Waals surface area (Å²) >= 11 is 5.60. The highest BCUT2D eigenvalue weighted by Crippen LogP contribution is 2.18. The number of nitrogens with one attached hydrogen (secondary N) is 1. The average molecular weight is 212 g/mol. The normalized spacial score (nSPS) is 10.7. The summed E-state index contributed by atoms with van der Waals surface area (Å²) in [5, 5.41) is 6.98. The Morgan fingerprint density at radius 1 is 1.57 bits per heavy atom. The van der Waals surface area contributed by atoms with Crippen molar-refractivity contribution >= 4 is 11.6 Å². The molecule has 2 aromatic rings. The lowest BCUT2D eigenvalue weighted by molar-refractivity contribution is 0.535. The van der Waals surface area contributed by atoms with E-state index in [1.807, 2.05) is 6.07 Å². The number of rotatable bonds is 3. The van der Waals surface area contributed by atoms with E-state index in [9.17, 15) is 0 Å². The Kier molecular flexibility index (Phi) is 2.54. The monoisotopic (exact) mass is 211 g/mol. The van der Waals surface area contributed by atoms with Crippen molar-refractivity contribution < 1.29 is 4.42 Å². The molecule has 0 aliphatic heterocycles. The Morgan fingerprint density at radius 3 is 3.00 bits per heavy atom. The summed E-state index contributed by atoms with van der Waals surface area (Å²) in [6.07, 6.45) is 2.53. The summed E-state index contributed by atoms with van der Waals surface area (Å²) in [4.78, 5) is 4.07. The fourth-order valence-corrected chi connectivity index (χ4v) is 1.26. The number of hydrogen-bond donors (Lipinski definition) is 1. The first-order chi connectivity index (χ1) is 6.83. The van der Waals surface area contributed by atoms with Crippen LogP contribution in [0.25, 0.3) is 11.6 Å². The number of aryl methyl sites for hydroxylation is 1. The van der Waals surface area contributed by atoms with Crippen molar-refractivity contribution in [2.75, 3.05) is 0 Å². The maximum absolute atomic E-state index is 5.60. The highest BCUT2D eigenvalue weighted by Gasteiger charge is 2.09. The van der Waals surface area contributed by atoms with E-state index in [4.69, 9.17) is 16.0 Å². The van der Waals surface area contributed by atoms with Crippen LogP contribution in [0.5, 0.6) is 0 Å². The molecule has 0 aromatic carbocycles. The van der Waals surface area contributed by atoms with Crippen molar-refractivity contribution in [3.05, 3.63) is 23.7 Å². The van der Waals surface area contributed by atoms with E-state index in [2.05, 4.69) is 22.1 Å². The van der Waals surface area contributed by atoms with Crippen LogP contribution in [0.1, 0.15) is 18.4 Å². The lowest BCUT2D eigenvalue weighted by Gasteiger charge is -1.85. The van der Waals surface area contributed by atoms with Crippen LogP contribution in [0.2, 0.25) is 0 Å². The van der Waals surface area contributed by atoms with E-state index in [0.29, 0.717) is 17.5 Å². The fraction of sp³-hybridized carbons (Fsp3) is 0.333. The van der Waals surface area contributed by atoms with Gasteiger partial charge in [-0.05, 0) is 12.5 Å². The van der Waals surface area contributed by atoms with Gasteiger partial charge in [-0.15, -0.1) is 11.6 Å². The van der Waals surface area contributed by atoms with Crippen LogP contribution in [-0.2, 0) is 12.3 Å². The minimum Gasteiger partial charge on any atom is -0.439 e. The highest BCUT2D eigenvalue weighted by atomic mass is 35.5. The Morgan fingerprint density at radius 2 is 2.43 bits per heavy atom. The topological polar surface area (TPSA) is 54.7 Å². The van der Waals surface area contributed by atoms with Crippen LogP contribution in [0.4, 0.5) is 0 Å². The van der Waals surface area contributed by atoms with Gasteiger partial charge in [0.1, 0.15) is 11.5 Å². The predicted octanol–water partition coefficient (Wildman–Crippen LogP) is 2.37. The summed E-state index contributed by atoms with van der Waals surface area (Å²) in [5.41, 5.74) is 1.78. The molecule has 0 saturated carbocycles. The highest BCUT2D eigenvalue weighted by molar-refractivity contribution is 6.16. The molecule has 0 bridgehead atoms. The number of halogens is 1. The molecule has 4 nitrogen and oxygen atoms in total. The summed E-state index contributed by atoms with van der Waals surface area (Å²) in [6.45, 7) is 2.05. The third-order valence-electron chi connectivity index (χ3n) is 1.92. The summed E-state index contributed by atoms with van der Waals surface area (Å²) < 4.78 is 5.35. The van der Waals surface area contributed by atoms with E-state index in [0.717, 1.165) is 17.8 Å². The molecular formula is C9H10ClN3O. The van der Waals surface area contributed by atoms with E-state index in [-0.39, 0.29) is 0 Å². The van der Waals surface area contributed by atoms with Crippen LogP contribution in [0.3, 0.4) is 0 Å². The standard InChI is InChI=1S/C9H10ClN3O/c1-2-6-3-8(13-12-6)9-11-5-7(4-10)14-9/h3,5H,2,4H2,1H3,(H,12,13). The van der Waals surface area contributed by atoms with Gasteiger partial charge < -0.3 is 4.42 Å². The van der Waals surface area contributed by atoms with Gasteiger partial charge in [-0.25, -0.2) is 4.98 Å². The predicted molar refractivity (Wildman–Crippen MR) is 53.0 cm³/mol. The molecule has 1 N–H and O–H groups in total. The zero-order valence-corrected chi connectivity index (χ0v) is 8.51. The van der Waals surface area contributed by atoms with Crippen molar-refractivity contribution in [2.45, 2.75) is 19.2 Å². The summed E-state index contributed by atoms with van der Waals surface area (Å²) in [7, 11) is 0. The van der Waals surface area contributed by atoms with Gasteiger partial charge in [0.15, 0.2) is 0 Å². The van der Waals surface area contributed by atoms with Gasteiger partial charge in [0.25, 0.3) is 0 Å². The molecule has 2 heterocycles. The molecule has 0 saturated heterocycles. The second kappa shape index (κ2) is 3.84. The molecule has 14 heavy (non-hydrogen) atoms. The Balaban J connectivity index is 2.29. The maximum Gasteiger partial charge on any atom is 0.247 e. The van der Waals surface area contributed by atoms with Gasteiger partial charge >= 0.3 is 0 Å². The van der Waals surface area contributed by atoms with E-state index < -0.39 is 0 Å². The SMILES string of the molecule is CCc1cc(-c2ncc(CCl)o2)n[nH]1.